The van der Waals surface area contributed by atoms with Crippen molar-refractivity contribution in [3.63, 3.8) is 0 Å². The van der Waals surface area contributed by atoms with Gasteiger partial charge in [0.2, 0.25) is 17.7 Å². The van der Waals surface area contributed by atoms with E-state index in [9.17, 15) is 24.3 Å². The number of thioether (sulfide) groups is 1. The molecule has 3 amide bonds. The van der Waals surface area contributed by atoms with E-state index in [0.29, 0.717) is 28.1 Å². The summed E-state index contributed by atoms with van der Waals surface area (Å²) < 4.78 is 0.660. The molecular formula is C25H43IN8O5S. The fourth-order valence-electron chi connectivity index (χ4n) is 4.66. The molecule has 15 heteroatoms. The van der Waals surface area contributed by atoms with Crippen molar-refractivity contribution in [2.24, 2.45) is 34.0 Å². The molecule has 13 nitrogen and oxygen atoms in total. The molecule has 0 spiro atoms. The Labute approximate surface area is 254 Å². The third-order valence-corrected chi connectivity index (χ3v) is 9.71. The number of aliphatic carboxylic acids is 1. The van der Waals surface area contributed by atoms with Gasteiger partial charge in [0.15, 0.2) is 0 Å². The fourth-order valence-corrected chi connectivity index (χ4v) is 6.85. The summed E-state index contributed by atoms with van der Waals surface area (Å²) in [7, 11) is 3.41. The van der Waals surface area contributed by atoms with Gasteiger partial charge in [0.05, 0.1) is 12.0 Å². The number of carboxylic acid groups (broad SMARTS) is 1. The molecule has 0 aliphatic carbocycles. The Morgan fingerprint density at radius 2 is 1.93 bits per heavy atom. The predicted molar refractivity (Wildman–Crippen MR) is 164 cm³/mol. The first-order valence-corrected chi connectivity index (χ1v) is 15.5. The second-order valence-electron chi connectivity index (χ2n) is 11.5. The molecule has 0 aromatic heterocycles. The Kier molecular flexibility index (Phi) is 12.1. The van der Waals surface area contributed by atoms with Gasteiger partial charge in [0.25, 0.3) is 0 Å². The Bertz CT molecular complexity index is 1050. The molecule has 226 valence electrons. The standard InChI is InChI=1S/C25H43IN8O5S/c1-13(9-26)20(40-15-8-17(29-10-15)22(37)32(6)7)19(23(38)39)33-11-16(21(33)36)14(2)30-18(35)12-34(28)24(31-27)25(3,4)5/h13-17,29H,8-12,27-28H2,1-7H3,(H,30,35)(H,38,39)/b20-19+,31-24-/t13-,14?,15-,16?,17-/m0/s1. The summed E-state index contributed by atoms with van der Waals surface area (Å²) in [5, 5.41) is 21.1. The number of rotatable bonds is 11. The van der Waals surface area contributed by atoms with Gasteiger partial charge in [-0.05, 0) is 19.3 Å². The molecule has 0 bridgehead atoms. The molecular weight excluding hydrogens is 651 g/mol. The van der Waals surface area contributed by atoms with E-state index >= 15 is 0 Å². The number of hydrogen-bond donors (Lipinski definition) is 5. The van der Waals surface area contributed by atoms with Gasteiger partial charge in [-0.15, -0.1) is 11.8 Å². The highest BCUT2D eigenvalue weighted by Crippen LogP contribution is 2.39. The number of hydrazone groups is 1. The Balaban J connectivity index is 2.13. The van der Waals surface area contributed by atoms with Crippen LogP contribution in [0.4, 0.5) is 0 Å². The van der Waals surface area contributed by atoms with Gasteiger partial charge in [-0.25, -0.2) is 10.6 Å². The minimum absolute atomic E-state index is 0.0108. The smallest absolute Gasteiger partial charge is 0.353 e. The number of likely N-dealkylation sites (tertiary alicyclic amines) is 1. The molecule has 2 unspecified atom stereocenters. The number of alkyl halides is 1. The zero-order chi connectivity index (χ0) is 30.5. The topological polar surface area (TPSA) is 187 Å². The highest BCUT2D eigenvalue weighted by molar-refractivity contribution is 14.1. The lowest BCUT2D eigenvalue weighted by Crippen LogP contribution is -2.61. The maximum atomic E-state index is 13.2. The minimum atomic E-state index is -1.18. The summed E-state index contributed by atoms with van der Waals surface area (Å²) in [6, 6.07) is -0.862. The summed E-state index contributed by atoms with van der Waals surface area (Å²) in [6.45, 7) is 9.75. The number of β-lactam (4-membered cyclic amide) rings is 1. The molecule has 2 saturated heterocycles. The van der Waals surface area contributed by atoms with E-state index in [1.54, 1.807) is 21.0 Å². The van der Waals surface area contributed by atoms with Crippen LogP contribution < -0.4 is 22.3 Å². The van der Waals surface area contributed by atoms with Gasteiger partial charge >= 0.3 is 5.97 Å². The van der Waals surface area contributed by atoms with Gasteiger partial charge in [-0.2, -0.15) is 5.10 Å². The first-order valence-electron chi connectivity index (χ1n) is 13.1. The van der Waals surface area contributed by atoms with E-state index in [0.717, 1.165) is 0 Å². The predicted octanol–water partition coefficient (Wildman–Crippen LogP) is 0.363. The van der Waals surface area contributed by atoms with Gasteiger partial charge in [0, 0.05) is 53.2 Å². The highest BCUT2D eigenvalue weighted by Gasteiger charge is 2.46. The number of nitrogens with two attached hydrogens (primary N) is 2. The Morgan fingerprint density at radius 3 is 2.40 bits per heavy atom. The molecule has 2 rings (SSSR count). The van der Waals surface area contributed by atoms with Crippen molar-refractivity contribution in [3.05, 3.63) is 10.6 Å². The minimum Gasteiger partial charge on any atom is -0.477 e. The third kappa shape index (κ3) is 8.22. The SMILES string of the molecule is CC(NC(=O)CN(N)/C(=N\N)C(C)(C)C)C1CN(/C(C(=O)O)=C(/S[C@@H]2CN[C@H](C(=O)N(C)C)C2)[C@@H](C)CI)C1=O. The number of carboxylic acids is 1. The van der Waals surface area contributed by atoms with Crippen molar-refractivity contribution in [2.75, 3.05) is 38.2 Å². The summed E-state index contributed by atoms with van der Waals surface area (Å²) in [5.74, 6) is 9.14. The van der Waals surface area contributed by atoms with E-state index in [1.165, 1.54) is 26.6 Å². The quantitative estimate of drug-likeness (QED) is 0.0296. The molecule has 7 N–H and O–H groups in total. The van der Waals surface area contributed by atoms with E-state index in [4.69, 9.17) is 11.7 Å². The summed E-state index contributed by atoms with van der Waals surface area (Å²) in [6.07, 6.45) is 0.565. The number of halogens is 1. The molecule has 0 saturated carbocycles. The second kappa shape index (κ2) is 14.2. The lowest BCUT2D eigenvalue weighted by molar-refractivity contribution is -0.151. The number of carbonyl (C=O) groups excluding carboxylic acids is 3. The van der Waals surface area contributed by atoms with E-state index in [2.05, 4.69) is 38.3 Å². The maximum Gasteiger partial charge on any atom is 0.353 e. The van der Waals surface area contributed by atoms with Crippen LogP contribution in [-0.4, -0.2) is 105 Å². The number of nitrogens with one attached hydrogen (secondary N) is 2. The first-order chi connectivity index (χ1) is 18.5. The number of nitrogens with zero attached hydrogens (tertiary/aromatic N) is 4. The Hall–Kier alpha value is -2.11. The molecule has 0 radical (unpaired) electrons. The van der Waals surface area contributed by atoms with Crippen LogP contribution in [0, 0.1) is 17.3 Å². The van der Waals surface area contributed by atoms with E-state index in [-0.39, 0.29) is 47.8 Å². The van der Waals surface area contributed by atoms with Crippen LogP contribution in [0.3, 0.4) is 0 Å². The van der Waals surface area contributed by atoms with Gasteiger partial charge in [-0.1, -0.05) is 50.3 Å². The second-order valence-corrected chi connectivity index (χ2v) is 13.7. The van der Waals surface area contributed by atoms with E-state index in [1.807, 2.05) is 27.7 Å². The van der Waals surface area contributed by atoms with Crippen molar-refractivity contribution in [2.45, 2.75) is 58.4 Å². The van der Waals surface area contributed by atoms with Crippen molar-refractivity contribution < 1.29 is 24.3 Å². The molecule has 0 aromatic rings. The average molecular weight is 695 g/mol. The van der Waals surface area contributed by atoms with Crippen LogP contribution in [0.25, 0.3) is 0 Å². The molecule has 2 aliphatic heterocycles. The lowest BCUT2D eigenvalue weighted by atomic mass is 9.90. The number of amidine groups is 1. The van der Waals surface area contributed by atoms with E-state index < -0.39 is 29.3 Å². The number of amides is 3. The highest BCUT2D eigenvalue weighted by atomic mass is 127. The number of hydrazine groups is 1. The van der Waals surface area contributed by atoms with Crippen LogP contribution >= 0.6 is 34.4 Å². The zero-order valence-corrected chi connectivity index (χ0v) is 27.2. The number of likely N-dealkylation sites (N-methyl/N-ethyl adjacent to an activating group) is 1. The van der Waals surface area contributed by atoms with Crippen LogP contribution in [0.1, 0.15) is 41.0 Å². The molecule has 40 heavy (non-hydrogen) atoms. The number of allylic oxidation sites excluding steroid dienone is 1. The van der Waals surface area contributed by atoms with Crippen molar-refractivity contribution in [3.8, 4) is 0 Å². The molecule has 2 aliphatic rings. The fraction of sp³-hybridized carbons (Fsp3) is 0.720. The zero-order valence-electron chi connectivity index (χ0n) is 24.2. The maximum absolute atomic E-state index is 13.2. The third-order valence-electron chi connectivity index (χ3n) is 6.84. The van der Waals surface area contributed by atoms with Crippen LogP contribution in [0.2, 0.25) is 0 Å². The molecule has 0 aromatic carbocycles. The molecule has 2 heterocycles. The summed E-state index contributed by atoms with van der Waals surface area (Å²) in [5.41, 5.74) is -0.500. The van der Waals surface area contributed by atoms with Gasteiger partial charge in [0.1, 0.15) is 18.1 Å². The normalized spacial score (nSPS) is 23.6. The van der Waals surface area contributed by atoms with Crippen molar-refractivity contribution >= 4 is 63.9 Å². The van der Waals surface area contributed by atoms with Gasteiger partial charge in [-0.3, -0.25) is 19.4 Å². The number of hydrogen-bond acceptors (Lipinski definition) is 9. The largest absolute Gasteiger partial charge is 0.477 e. The van der Waals surface area contributed by atoms with Crippen LogP contribution in [-0.2, 0) is 19.2 Å². The monoisotopic (exact) mass is 694 g/mol. The molecule has 5 atom stereocenters. The first kappa shape index (κ1) is 34.1. The molecule has 2 fully saturated rings. The van der Waals surface area contributed by atoms with Gasteiger partial charge < -0.3 is 31.4 Å². The summed E-state index contributed by atoms with van der Waals surface area (Å²) >= 11 is 3.63. The Morgan fingerprint density at radius 1 is 1.30 bits per heavy atom. The van der Waals surface area contributed by atoms with Crippen molar-refractivity contribution in [1.82, 2.24) is 25.4 Å². The van der Waals surface area contributed by atoms with Crippen LogP contribution in [0.5, 0.6) is 0 Å². The van der Waals surface area contributed by atoms with Crippen molar-refractivity contribution in [1.29, 1.82) is 0 Å². The summed E-state index contributed by atoms with van der Waals surface area (Å²) in [4.78, 5) is 54.2. The number of carbonyl (C=O) groups is 4. The lowest BCUT2D eigenvalue weighted by Gasteiger charge is -2.42. The average Bonchev–Trinajstić information content (AvgIpc) is 3.31. The van der Waals surface area contributed by atoms with Crippen LogP contribution in [0.15, 0.2) is 15.7 Å².